The molecule has 35 heavy (non-hydrogen) atoms. The standard InChI is InChI=1S/C31H56O3Si/c1-21(10-15-28(32)33-7)25-13-14-26-24-12-11-22-20-23(34-35(8,9)29(2,3)4)16-18-30(22,5)27(24)17-19-31(25,26)6/h21-27H,10-20H2,1-9H3/t21-,22-,23?,24+,25-,26+,27+,30+,31-/m1/s1. The fraction of sp³-hybridized carbons (Fsp3) is 0.968. The van der Waals surface area contributed by atoms with Gasteiger partial charge in [0, 0.05) is 12.5 Å². The van der Waals surface area contributed by atoms with E-state index in [1.54, 1.807) is 0 Å². The molecule has 4 aliphatic rings. The Morgan fingerprint density at radius 3 is 2.29 bits per heavy atom. The van der Waals surface area contributed by atoms with E-state index in [4.69, 9.17) is 9.16 Å². The molecule has 3 nitrogen and oxygen atoms in total. The summed E-state index contributed by atoms with van der Waals surface area (Å²) in [6.07, 6.45) is 14.5. The van der Waals surface area contributed by atoms with Crippen molar-refractivity contribution in [2.24, 2.45) is 46.3 Å². The van der Waals surface area contributed by atoms with Crippen LogP contribution < -0.4 is 0 Å². The van der Waals surface area contributed by atoms with Gasteiger partial charge in [0.1, 0.15) is 0 Å². The van der Waals surface area contributed by atoms with E-state index in [9.17, 15) is 4.79 Å². The van der Waals surface area contributed by atoms with E-state index in [0.717, 1.165) is 36.0 Å². The molecular formula is C31H56O3Si. The predicted molar refractivity (Wildman–Crippen MR) is 148 cm³/mol. The fourth-order valence-electron chi connectivity index (χ4n) is 9.54. The van der Waals surface area contributed by atoms with Gasteiger partial charge in [0.2, 0.25) is 0 Å². The van der Waals surface area contributed by atoms with E-state index >= 15 is 0 Å². The van der Waals surface area contributed by atoms with Crippen LogP contribution in [0, 0.1) is 46.3 Å². The quantitative estimate of drug-likeness (QED) is 0.268. The largest absolute Gasteiger partial charge is 0.469 e. The Balaban J connectivity index is 1.43. The molecule has 0 aromatic carbocycles. The van der Waals surface area contributed by atoms with Crippen molar-refractivity contribution in [2.75, 3.05) is 7.11 Å². The van der Waals surface area contributed by atoms with Crippen molar-refractivity contribution in [3.63, 3.8) is 0 Å². The third kappa shape index (κ3) is 4.93. The number of methoxy groups -OCH3 is 1. The smallest absolute Gasteiger partial charge is 0.305 e. The number of rotatable bonds is 6. The molecule has 0 N–H and O–H groups in total. The van der Waals surface area contributed by atoms with Gasteiger partial charge in [0.25, 0.3) is 0 Å². The monoisotopic (exact) mass is 504 g/mol. The zero-order chi connectivity index (χ0) is 25.8. The van der Waals surface area contributed by atoms with Gasteiger partial charge in [-0.2, -0.15) is 0 Å². The lowest BCUT2D eigenvalue weighted by Gasteiger charge is -2.61. The van der Waals surface area contributed by atoms with E-state index in [1.807, 2.05) is 0 Å². The first kappa shape index (κ1) is 27.7. The third-order valence-corrected chi connectivity index (χ3v) is 17.2. The van der Waals surface area contributed by atoms with Gasteiger partial charge in [-0.15, -0.1) is 0 Å². The Morgan fingerprint density at radius 1 is 0.971 bits per heavy atom. The summed E-state index contributed by atoms with van der Waals surface area (Å²) in [5.41, 5.74) is 0.995. The normalized spacial score (nSPS) is 42.5. The number of fused-ring (bicyclic) bond motifs is 5. The minimum Gasteiger partial charge on any atom is -0.469 e. The molecule has 4 fully saturated rings. The van der Waals surface area contributed by atoms with Gasteiger partial charge in [0.05, 0.1) is 7.11 Å². The van der Waals surface area contributed by atoms with E-state index in [-0.39, 0.29) is 5.97 Å². The maximum atomic E-state index is 11.8. The highest BCUT2D eigenvalue weighted by molar-refractivity contribution is 6.74. The Labute approximate surface area is 218 Å². The fourth-order valence-corrected chi connectivity index (χ4v) is 10.9. The first-order chi connectivity index (χ1) is 16.2. The summed E-state index contributed by atoms with van der Waals surface area (Å²) in [7, 11) is -0.180. The summed E-state index contributed by atoms with van der Waals surface area (Å²) >= 11 is 0. The highest BCUT2D eigenvalue weighted by atomic mass is 28.4. The summed E-state index contributed by atoms with van der Waals surface area (Å²) in [5.74, 6) is 4.94. The molecule has 0 aromatic rings. The van der Waals surface area contributed by atoms with E-state index in [2.05, 4.69) is 54.6 Å². The zero-order valence-electron chi connectivity index (χ0n) is 24.5. The van der Waals surface area contributed by atoms with E-state index in [1.165, 1.54) is 64.9 Å². The van der Waals surface area contributed by atoms with Crippen molar-refractivity contribution in [1.82, 2.24) is 0 Å². The molecule has 0 bridgehead atoms. The van der Waals surface area contributed by atoms with Crippen molar-refractivity contribution < 1.29 is 14.0 Å². The minimum absolute atomic E-state index is 0.0420. The summed E-state index contributed by atoms with van der Waals surface area (Å²) in [4.78, 5) is 11.8. The van der Waals surface area contributed by atoms with E-state index in [0.29, 0.717) is 34.3 Å². The molecule has 4 aliphatic carbocycles. The molecule has 0 heterocycles. The SMILES string of the molecule is COC(=O)CC[C@@H](C)[C@H]1CC[C@H]2[C@@H]3CC[C@@H]4CC(O[Si](C)(C)C(C)(C)C)CC[C@]4(C)[C@H]3CC[C@]12C. The number of carbonyl (C=O) groups is 1. The van der Waals surface area contributed by atoms with Crippen LogP contribution in [0.5, 0.6) is 0 Å². The van der Waals surface area contributed by atoms with Crippen LogP contribution in [0.25, 0.3) is 0 Å². The van der Waals surface area contributed by atoms with Crippen LogP contribution in [-0.2, 0) is 14.0 Å². The van der Waals surface area contributed by atoms with Crippen LogP contribution in [0.2, 0.25) is 18.1 Å². The highest BCUT2D eigenvalue weighted by Gasteiger charge is 2.60. The Morgan fingerprint density at radius 2 is 1.63 bits per heavy atom. The van der Waals surface area contributed by atoms with Gasteiger partial charge >= 0.3 is 5.97 Å². The molecule has 4 saturated carbocycles. The van der Waals surface area contributed by atoms with Crippen LogP contribution in [0.1, 0.15) is 112 Å². The van der Waals surface area contributed by atoms with E-state index < -0.39 is 8.32 Å². The number of hydrogen-bond acceptors (Lipinski definition) is 3. The lowest BCUT2D eigenvalue weighted by atomic mass is 9.44. The van der Waals surface area contributed by atoms with Gasteiger partial charge in [-0.3, -0.25) is 4.79 Å². The van der Waals surface area contributed by atoms with Gasteiger partial charge in [-0.05, 0) is 129 Å². The second-order valence-corrected chi connectivity index (χ2v) is 20.0. The molecule has 0 radical (unpaired) electrons. The van der Waals surface area contributed by atoms with Gasteiger partial charge in [-0.25, -0.2) is 0 Å². The molecule has 4 heteroatoms. The Hall–Kier alpha value is -0.353. The number of hydrogen-bond donors (Lipinski definition) is 0. The average molecular weight is 505 g/mol. The minimum atomic E-state index is -1.70. The topological polar surface area (TPSA) is 35.5 Å². The lowest BCUT2D eigenvalue weighted by molar-refractivity contribution is -0.141. The van der Waals surface area contributed by atoms with Crippen molar-refractivity contribution in [3.8, 4) is 0 Å². The maximum Gasteiger partial charge on any atom is 0.305 e. The summed E-state index contributed by atoms with van der Waals surface area (Å²) in [6, 6.07) is 0. The summed E-state index contributed by atoms with van der Waals surface area (Å²) in [5, 5.41) is 0.298. The second-order valence-electron chi connectivity index (χ2n) is 15.3. The van der Waals surface area contributed by atoms with Crippen molar-refractivity contribution >= 4 is 14.3 Å². The molecule has 1 unspecified atom stereocenters. The number of esters is 1. The van der Waals surface area contributed by atoms with Crippen LogP contribution in [0.15, 0.2) is 0 Å². The molecule has 9 atom stereocenters. The van der Waals surface area contributed by atoms with Crippen LogP contribution in [-0.4, -0.2) is 27.5 Å². The number of carbonyl (C=O) groups excluding carboxylic acids is 1. The zero-order valence-corrected chi connectivity index (χ0v) is 25.5. The van der Waals surface area contributed by atoms with Crippen molar-refractivity contribution in [1.29, 1.82) is 0 Å². The molecule has 4 rings (SSSR count). The van der Waals surface area contributed by atoms with Crippen LogP contribution in [0.3, 0.4) is 0 Å². The average Bonchev–Trinajstić information content (AvgIpc) is 3.13. The van der Waals surface area contributed by atoms with Gasteiger partial charge < -0.3 is 9.16 Å². The molecule has 0 aromatic heterocycles. The molecule has 202 valence electrons. The Kier molecular flexibility index (Phi) is 7.71. The molecular weight excluding hydrogens is 448 g/mol. The third-order valence-electron chi connectivity index (χ3n) is 12.7. The maximum absolute atomic E-state index is 11.8. The first-order valence-electron chi connectivity index (χ1n) is 15.0. The first-order valence-corrected chi connectivity index (χ1v) is 17.9. The summed E-state index contributed by atoms with van der Waals surface area (Å²) in [6.45, 7) is 19.7. The molecule has 0 aliphatic heterocycles. The molecule has 0 saturated heterocycles. The van der Waals surface area contributed by atoms with Crippen molar-refractivity contribution in [3.05, 3.63) is 0 Å². The van der Waals surface area contributed by atoms with Crippen LogP contribution >= 0.6 is 0 Å². The van der Waals surface area contributed by atoms with Crippen molar-refractivity contribution in [2.45, 2.75) is 136 Å². The number of ether oxygens (including phenoxy) is 1. The van der Waals surface area contributed by atoms with Crippen LogP contribution in [0.4, 0.5) is 0 Å². The molecule has 0 amide bonds. The summed E-state index contributed by atoms with van der Waals surface area (Å²) < 4.78 is 11.9. The highest BCUT2D eigenvalue weighted by Crippen LogP contribution is 2.68. The van der Waals surface area contributed by atoms with Gasteiger partial charge in [0.15, 0.2) is 8.32 Å². The molecule has 0 spiro atoms. The lowest BCUT2D eigenvalue weighted by Crippen LogP contribution is -2.55. The predicted octanol–water partition coefficient (Wildman–Crippen LogP) is 8.63. The van der Waals surface area contributed by atoms with Gasteiger partial charge in [-0.1, -0.05) is 41.5 Å². The second kappa shape index (κ2) is 9.75. The Bertz CT molecular complexity index is 772.